The molecule has 0 bridgehead atoms. The number of rotatable bonds is 6. The second-order valence-electron chi connectivity index (χ2n) is 4.41. The Morgan fingerprint density at radius 3 is 2.52 bits per heavy atom. The molecule has 6 heteroatoms. The van der Waals surface area contributed by atoms with Crippen molar-refractivity contribution >= 4 is 5.69 Å². The largest absolute Gasteiger partial charge is 0.491 e. The molecular formula is C15H14F3NO2. The van der Waals surface area contributed by atoms with Gasteiger partial charge in [-0.3, -0.25) is 0 Å². The Morgan fingerprint density at radius 1 is 1.10 bits per heavy atom. The van der Waals surface area contributed by atoms with E-state index in [1.165, 1.54) is 0 Å². The summed E-state index contributed by atoms with van der Waals surface area (Å²) in [5.41, 5.74) is -0.341. The number of anilines is 1. The Kier molecular flexibility index (Phi) is 5.05. The van der Waals surface area contributed by atoms with Crippen LogP contribution in [0.15, 0.2) is 42.5 Å². The predicted molar refractivity (Wildman–Crippen MR) is 72.7 cm³/mol. The maximum atomic E-state index is 13.4. The quantitative estimate of drug-likeness (QED) is 0.806. The van der Waals surface area contributed by atoms with Gasteiger partial charge in [-0.1, -0.05) is 18.2 Å². The van der Waals surface area contributed by atoms with E-state index in [2.05, 4.69) is 5.32 Å². The first-order valence-electron chi connectivity index (χ1n) is 6.30. The molecule has 2 rings (SSSR count). The molecule has 0 amide bonds. The summed E-state index contributed by atoms with van der Waals surface area (Å²) in [4.78, 5) is 0. The molecule has 0 radical (unpaired) electrons. The van der Waals surface area contributed by atoms with Crippen LogP contribution in [0.2, 0.25) is 0 Å². The summed E-state index contributed by atoms with van der Waals surface area (Å²) >= 11 is 0. The van der Waals surface area contributed by atoms with Crippen LogP contribution in [0, 0.1) is 17.5 Å². The molecule has 1 atom stereocenters. The zero-order chi connectivity index (χ0) is 15.2. The molecule has 0 spiro atoms. The van der Waals surface area contributed by atoms with Crippen LogP contribution in [0.5, 0.6) is 5.75 Å². The molecule has 0 aliphatic rings. The summed E-state index contributed by atoms with van der Waals surface area (Å²) in [5, 5.41) is 12.1. The van der Waals surface area contributed by atoms with Gasteiger partial charge < -0.3 is 15.2 Å². The van der Waals surface area contributed by atoms with E-state index in [1.54, 1.807) is 24.3 Å². The van der Waals surface area contributed by atoms with Crippen LogP contribution < -0.4 is 10.1 Å². The Bertz CT molecular complexity index is 593. The average Bonchev–Trinajstić information content (AvgIpc) is 2.48. The predicted octanol–water partition coefficient (Wildman–Crippen LogP) is 2.96. The fraction of sp³-hybridized carbons (Fsp3) is 0.200. The highest BCUT2D eigenvalue weighted by molar-refractivity contribution is 5.45. The van der Waals surface area contributed by atoms with Gasteiger partial charge in [0.1, 0.15) is 24.3 Å². The number of hydrogen-bond donors (Lipinski definition) is 2. The Hall–Kier alpha value is -2.21. The van der Waals surface area contributed by atoms with E-state index in [4.69, 9.17) is 4.74 Å². The van der Waals surface area contributed by atoms with Gasteiger partial charge in [-0.05, 0) is 12.1 Å². The minimum Gasteiger partial charge on any atom is -0.491 e. The lowest BCUT2D eigenvalue weighted by molar-refractivity contribution is 0.117. The van der Waals surface area contributed by atoms with Crippen LogP contribution in [0.4, 0.5) is 18.9 Å². The van der Waals surface area contributed by atoms with Crippen molar-refractivity contribution in [3.05, 3.63) is 59.9 Å². The minimum atomic E-state index is -1.28. The van der Waals surface area contributed by atoms with Crippen LogP contribution in [0.1, 0.15) is 0 Å². The molecule has 3 nitrogen and oxygen atoms in total. The summed E-state index contributed by atoms with van der Waals surface area (Å²) < 4.78 is 44.6. The SMILES string of the molecule is OC(CNc1cc(F)cc(F)c1F)COc1ccccc1. The molecule has 2 aromatic carbocycles. The van der Waals surface area contributed by atoms with Crippen molar-refractivity contribution in [1.82, 2.24) is 0 Å². The van der Waals surface area contributed by atoms with Gasteiger partial charge in [-0.2, -0.15) is 0 Å². The molecule has 2 aromatic rings. The van der Waals surface area contributed by atoms with E-state index in [-0.39, 0.29) is 18.8 Å². The second-order valence-corrected chi connectivity index (χ2v) is 4.41. The van der Waals surface area contributed by atoms with Crippen molar-refractivity contribution in [3.8, 4) is 5.75 Å². The second kappa shape index (κ2) is 6.99. The third-order valence-electron chi connectivity index (χ3n) is 2.71. The first kappa shape index (κ1) is 15.2. The zero-order valence-corrected chi connectivity index (χ0v) is 11.0. The molecule has 0 aromatic heterocycles. The maximum absolute atomic E-state index is 13.4. The van der Waals surface area contributed by atoms with Crippen molar-refractivity contribution in [2.24, 2.45) is 0 Å². The number of aliphatic hydroxyl groups is 1. The molecule has 0 aliphatic heterocycles. The summed E-state index contributed by atoms with van der Waals surface area (Å²) in [7, 11) is 0. The van der Waals surface area contributed by atoms with Crippen LogP contribution in [-0.4, -0.2) is 24.4 Å². The van der Waals surface area contributed by atoms with Gasteiger partial charge in [0.25, 0.3) is 0 Å². The number of ether oxygens (including phenoxy) is 1. The molecule has 0 aliphatic carbocycles. The monoisotopic (exact) mass is 297 g/mol. The molecule has 2 N–H and O–H groups in total. The number of hydrogen-bond acceptors (Lipinski definition) is 3. The maximum Gasteiger partial charge on any atom is 0.182 e. The van der Waals surface area contributed by atoms with Crippen molar-refractivity contribution in [2.45, 2.75) is 6.10 Å². The van der Waals surface area contributed by atoms with E-state index in [0.29, 0.717) is 11.8 Å². The van der Waals surface area contributed by atoms with Crippen LogP contribution in [0.3, 0.4) is 0 Å². The van der Waals surface area contributed by atoms with Gasteiger partial charge >= 0.3 is 0 Å². The third-order valence-corrected chi connectivity index (χ3v) is 2.71. The number of aliphatic hydroxyl groups excluding tert-OH is 1. The van der Waals surface area contributed by atoms with Gasteiger partial charge in [0.2, 0.25) is 0 Å². The molecule has 0 saturated carbocycles. The van der Waals surface area contributed by atoms with Crippen molar-refractivity contribution in [1.29, 1.82) is 0 Å². The lowest BCUT2D eigenvalue weighted by Crippen LogP contribution is -2.26. The first-order chi connectivity index (χ1) is 10.1. The average molecular weight is 297 g/mol. The van der Waals surface area contributed by atoms with E-state index in [1.807, 2.05) is 6.07 Å². The Balaban J connectivity index is 1.85. The van der Waals surface area contributed by atoms with Crippen molar-refractivity contribution < 1.29 is 23.0 Å². The van der Waals surface area contributed by atoms with E-state index in [0.717, 1.165) is 6.07 Å². The van der Waals surface area contributed by atoms with E-state index < -0.39 is 23.6 Å². The summed E-state index contributed by atoms with van der Waals surface area (Å²) in [6, 6.07) is 10.1. The summed E-state index contributed by atoms with van der Waals surface area (Å²) in [5.74, 6) is -2.79. The standard InChI is InChI=1S/C15H14F3NO2/c16-10-6-13(17)15(18)14(7-10)19-8-11(20)9-21-12-4-2-1-3-5-12/h1-7,11,19-20H,8-9H2. The first-order valence-corrected chi connectivity index (χ1v) is 6.30. The fourth-order valence-electron chi connectivity index (χ4n) is 1.68. The molecule has 0 heterocycles. The molecule has 0 saturated heterocycles. The van der Waals surface area contributed by atoms with Crippen LogP contribution in [-0.2, 0) is 0 Å². The zero-order valence-electron chi connectivity index (χ0n) is 11.0. The fourth-order valence-corrected chi connectivity index (χ4v) is 1.68. The highest BCUT2D eigenvalue weighted by atomic mass is 19.2. The molecule has 112 valence electrons. The van der Waals surface area contributed by atoms with Gasteiger partial charge in [-0.15, -0.1) is 0 Å². The van der Waals surface area contributed by atoms with Crippen LogP contribution in [0.25, 0.3) is 0 Å². The number of benzene rings is 2. The Labute approximate surface area is 120 Å². The lowest BCUT2D eigenvalue weighted by Gasteiger charge is -2.14. The minimum absolute atomic E-state index is 0.0313. The van der Waals surface area contributed by atoms with Gasteiger partial charge in [0, 0.05) is 18.7 Å². The smallest absolute Gasteiger partial charge is 0.182 e. The van der Waals surface area contributed by atoms with Crippen molar-refractivity contribution in [3.63, 3.8) is 0 Å². The van der Waals surface area contributed by atoms with E-state index >= 15 is 0 Å². The van der Waals surface area contributed by atoms with Gasteiger partial charge in [-0.25, -0.2) is 13.2 Å². The normalized spacial score (nSPS) is 12.0. The van der Waals surface area contributed by atoms with E-state index in [9.17, 15) is 18.3 Å². The highest BCUT2D eigenvalue weighted by Gasteiger charge is 2.12. The summed E-state index contributed by atoms with van der Waals surface area (Å²) in [6.07, 6.45) is -0.962. The van der Waals surface area contributed by atoms with Crippen LogP contribution >= 0.6 is 0 Å². The molecule has 21 heavy (non-hydrogen) atoms. The molecule has 0 fully saturated rings. The van der Waals surface area contributed by atoms with Crippen molar-refractivity contribution in [2.75, 3.05) is 18.5 Å². The number of para-hydroxylation sites is 1. The third kappa shape index (κ3) is 4.39. The Morgan fingerprint density at radius 2 is 1.81 bits per heavy atom. The topological polar surface area (TPSA) is 41.5 Å². The highest BCUT2D eigenvalue weighted by Crippen LogP contribution is 2.19. The number of halogens is 3. The van der Waals surface area contributed by atoms with Gasteiger partial charge in [0.15, 0.2) is 11.6 Å². The lowest BCUT2D eigenvalue weighted by atomic mass is 10.2. The summed E-state index contributed by atoms with van der Waals surface area (Å²) in [6.45, 7) is -0.136. The molecular weight excluding hydrogens is 283 g/mol. The van der Waals surface area contributed by atoms with Gasteiger partial charge in [0.05, 0.1) is 5.69 Å². The number of nitrogens with one attached hydrogen (secondary N) is 1. The molecule has 1 unspecified atom stereocenters.